The van der Waals surface area contributed by atoms with Crippen LogP contribution in [0.25, 0.3) is 0 Å². The van der Waals surface area contributed by atoms with Crippen molar-refractivity contribution in [2.75, 3.05) is 13.6 Å². The Balaban J connectivity index is 1.63. The molecule has 1 saturated carbocycles. The average molecular weight is 458 g/mol. The molecule has 2 N–H and O–H groups in total. The van der Waals surface area contributed by atoms with E-state index >= 15 is 0 Å². The SMILES string of the molecule is CCNC(=O)c1cccc(CNC(=O)c2ccc(S(=O)(=O)N(C)C3CCCCC3)cc2)c1. The summed E-state index contributed by atoms with van der Waals surface area (Å²) in [5.41, 5.74) is 1.72. The van der Waals surface area contributed by atoms with Gasteiger partial charge in [-0.15, -0.1) is 0 Å². The first kappa shape index (κ1) is 23.9. The van der Waals surface area contributed by atoms with Gasteiger partial charge in [-0.25, -0.2) is 8.42 Å². The predicted molar refractivity (Wildman–Crippen MR) is 124 cm³/mol. The van der Waals surface area contributed by atoms with Crippen molar-refractivity contribution in [1.29, 1.82) is 0 Å². The first-order valence-electron chi connectivity index (χ1n) is 11.1. The lowest BCUT2D eigenvalue weighted by Gasteiger charge is -2.30. The molecule has 0 saturated heterocycles. The average Bonchev–Trinajstić information content (AvgIpc) is 2.83. The number of benzene rings is 2. The number of nitrogens with zero attached hydrogens (tertiary/aromatic N) is 1. The summed E-state index contributed by atoms with van der Waals surface area (Å²) in [6.45, 7) is 2.66. The first-order valence-corrected chi connectivity index (χ1v) is 12.5. The Kier molecular flexibility index (Phi) is 8.04. The number of nitrogens with one attached hydrogen (secondary N) is 2. The molecule has 0 radical (unpaired) electrons. The van der Waals surface area contributed by atoms with Gasteiger partial charge in [0.15, 0.2) is 0 Å². The highest BCUT2D eigenvalue weighted by atomic mass is 32.2. The Labute approximate surface area is 190 Å². The number of sulfonamides is 1. The van der Waals surface area contributed by atoms with Crippen LogP contribution in [0.3, 0.4) is 0 Å². The molecule has 2 aromatic carbocycles. The van der Waals surface area contributed by atoms with Crippen LogP contribution in [0.5, 0.6) is 0 Å². The molecule has 0 unspecified atom stereocenters. The van der Waals surface area contributed by atoms with E-state index in [4.69, 9.17) is 0 Å². The normalized spacial score (nSPS) is 14.8. The van der Waals surface area contributed by atoms with E-state index in [0.29, 0.717) is 17.7 Å². The molecular weight excluding hydrogens is 426 g/mol. The molecule has 0 aromatic heterocycles. The van der Waals surface area contributed by atoms with Gasteiger partial charge in [0.2, 0.25) is 10.0 Å². The van der Waals surface area contributed by atoms with Gasteiger partial charge in [-0.3, -0.25) is 9.59 Å². The van der Waals surface area contributed by atoms with Crippen molar-refractivity contribution in [2.45, 2.75) is 56.5 Å². The van der Waals surface area contributed by atoms with Gasteiger partial charge < -0.3 is 10.6 Å². The molecule has 0 bridgehead atoms. The second-order valence-corrected chi connectivity index (χ2v) is 10.1. The summed E-state index contributed by atoms with van der Waals surface area (Å²) < 4.78 is 27.4. The second kappa shape index (κ2) is 10.7. The second-order valence-electron chi connectivity index (χ2n) is 8.08. The van der Waals surface area contributed by atoms with Crippen LogP contribution in [0.15, 0.2) is 53.4 Å². The van der Waals surface area contributed by atoms with Crippen LogP contribution in [-0.2, 0) is 16.6 Å². The molecule has 2 amide bonds. The monoisotopic (exact) mass is 457 g/mol. The minimum atomic E-state index is -3.59. The summed E-state index contributed by atoms with van der Waals surface area (Å²) in [6, 6.07) is 13.1. The highest BCUT2D eigenvalue weighted by Crippen LogP contribution is 2.26. The zero-order chi connectivity index (χ0) is 23.1. The van der Waals surface area contributed by atoms with Gasteiger partial charge in [-0.1, -0.05) is 31.4 Å². The zero-order valence-corrected chi connectivity index (χ0v) is 19.5. The van der Waals surface area contributed by atoms with Gasteiger partial charge in [0, 0.05) is 37.3 Å². The van der Waals surface area contributed by atoms with Gasteiger partial charge in [0.25, 0.3) is 11.8 Å². The maximum absolute atomic E-state index is 12.9. The Morgan fingerprint density at radius 1 is 0.938 bits per heavy atom. The zero-order valence-electron chi connectivity index (χ0n) is 18.6. The summed E-state index contributed by atoms with van der Waals surface area (Å²) in [5, 5.41) is 5.56. The van der Waals surface area contributed by atoms with E-state index in [-0.39, 0.29) is 29.3 Å². The van der Waals surface area contributed by atoms with Crippen molar-refractivity contribution < 1.29 is 18.0 Å². The summed E-state index contributed by atoms with van der Waals surface area (Å²) in [6.07, 6.45) is 5.03. The topological polar surface area (TPSA) is 95.6 Å². The third-order valence-electron chi connectivity index (χ3n) is 5.86. The molecule has 1 aliphatic rings. The minimum absolute atomic E-state index is 0.0342. The molecule has 0 aliphatic heterocycles. The molecule has 172 valence electrons. The van der Waals surface area contributed by atoms with Crippen molar-refractivity contribution in [3.63, 3.8) is 0 Å². The summed E-state index contributed by atoms with van der Waals surface area (Å²) in [7, 11) is -1.95. The van der Waals surface area contributed by atoms with E-state index < -0.39 is 10.0 Å². The van der Waals surface area contributed by atoms with E-state index in [1.54, 1.807) is 25.2 Å². The fourth-order valence-corrected chi connectivity index (χ4v) is 5.37. The molecule has 0 spiro atoms. The molecule has 0 heterocycles. The van der Waals surface area contributed by atoms with Gasteiger partial charge in [0.05, 0.1) is 4.90 Å². The lowest BCUT2D eigenvalue weighted by atomic mass is 9.96. The quantitative estimate of drug-likeness (QED) is 0.636. The molecule has 2 aromatic rings. The van der Waals surface area contributed by atoms with Crippen LogP contribution in [0, 0.1) is 0 Å². The van der Waals surface area contributed by atoms with E-state index in [0.717, 1.165) is 37.7 Å². The third-order valence-corrected chi connectivity index (χ3v) is 7.79. The van der Waals surface area contributed by atoms with Crippen LogP contribution < -0.4 is 10.6 Å². The number of amides is 2. The predicted octanol–water partition coefficient (Wildman–Crippen LogP) is 3.32. The first-order chi connectivity index (χ1) is 15.3. The number of carbonyl (C=O) groups excluding carboxylic acids is 2. The Bertz CT molecular complexity index is 1050. The molecular formula is C24H31N3O4S. The standard InChI is InChI=1S/C24H31N3O4S/c1-3-25-24(29)20-9-7-8-18(16-20)17-26-23(28)19-12-14-22(15-13-19)32(30,31)27(2)21-10-5-4-6-11-21/h7-9,12-16,21H,3-6,10-11,17H2,1-2H3,(H,25,29)(H,26,28). The minimum Gasteiger partial charge on any atom is -0.352 e. The maximum atomic E-state index is 12.9. The van der Waals surface area contributed by atoms with Crippen molar-refractivity contribution in [2.24, 2.45) is 0 Å². The van der Waals surface area contributed by atoms with Gasteiger partial charge in [-0.2, -0.15) is 4.31 Å². The van der Waals surface area contributed by atoms with Crippen molar-refractivity contribution >= 4 is 21.8 Å². The summed E-state index contributed by atoms with van der Waals surface area (Å²) >= 11 is 0. The van der Waals surface area contributed by atoms with Crippen LogP contribution in [-0.4, -0.2) is 44.2 Å². The number of carbonyl (C=O) groups is 2. The van der Waals surface area contributed by atoms with Crippen LogP contribution in [0.4, 0.5) is 0 Å². The van der Waals surface area contributed by atoms with Crippen molar-refractivity contribution in [3.8, 4) is 0 Å². The van der Waals surface area contributed by atoms with Crippen molar-refractivity contribution in [3.05, 3.63) is 65.2 Å². The fraction of sp³-hybridized carbons (Fsp3) is 0.417. The van der Waals surface area contributed by atoms with E-state index in [1.165, 1.54) is 28.6 Å². The number of hydrogen-bond acceptors (Lipinski definition) is 4. The molecule has 8 heteroatoms. The van der Waals surface area contributed by atoms with Crippen molar-refractivity contribution in [1.82, 2.24) is 14.9 Å². The van der Waals surface area contributed by atoms with E-state index in [2.05, 4.69) is 10.6 Å². The maximum Gasteiger partial charge on any atom is 0.251 e. The van der Waals surface area contributed by atoms with Gasteiger partial charge in [-0.05, 0) is 61.7 Å². The van der Waals surface area contributed by atoms with Crippen LogP contribution in [0.1, 0.15) is 65.3 Å². The summed E-state index contributed by atoms with van der Waals surface area (Å²) in [4.78, 5) is 24.7. The Morgan fingerprint density at radius 2 is 1.59 bits per heavy atom. The Hall–Kier alpha value is -2.71. The van der Waals surface area contributed by atoms with E-state index in [9.17, 15) is 18.0 Å². The number of hydrogen-bond donors (Lipinski definition) is 2. The highest BCUT2D eigenvalue weighted by molar-refractivity contribution is 7.89. The molecule has 1 aliphatic carbocycles. The number of rotatable bonds is 8. The summed E-state index contributed by atoms with van der Waals surface area (Å²) in [5.74, 6) is -0.464. The fourth-order valence-electron chi connectivity index (χ4n) is 3.95. The molecule has 1 fully saturated rings. The van der Waals surface area contributed by atoms with Crippen LogP contribution >= 0.6 is 0 Å². The third kappa shape index (κ3) is 5.75. The smallest absolute Gasteiger partial charge is 0.251 e. The van der Waals surface area contributed by atoms with E-state index in [1.807, 2.05) is 13.0 Å². The molecule has 0 atom stereocenters. The molecule has 7 nitrogen and oxygen atoms in total. The van der Waals surface area contributed by atoms with Crippen LogP contribution in [0.2, 0.25) is 0 Å². The highest BCUT2D eigenvalue weighted by Gasteiger charge is 2.29. The lowest BCUT2D eigenvalue weighted by molar-refractivity contribution is 0.0947. The largest absolute Gasteiger partial charge is 0.352 e. The van der Waals surface area contributed by atoms with Gasteiger partial charge in [0.1, 0.15) is 0 Å². The molecule has 32 heavy (non-hydrogen) atoms. The van der Waals surface area contributed by atoms with Gasteiger partial charge >= 0.3 is 0 Å². The lowest BCUT2D eigenvalue weighted by Crippen LogP contribution is -2.38. The Morgan fingerprint density at radius 3 is 2.25 bits per heavy atom. The molecule has 3 rings (SSSR count).